The minimum atomic E-state index is -0.500. The molecule has 1 atom stereocenters. The Morgan fingerprint density at radius 3 is 3.00 bits per heavy atom. The number of hydrogen-bond acceptors (Lipinski definition) is 3. The van der Waals surface area contributed by atoms with E-state index < -0.39 is 5.82 Å². The van der Waals surface area contributed by atoms with Crippen molar-refractivity contribution in [2.45, 2.75) is 32.2 Å². The van der Waals surface area contributed by atoms with Crippen LogP contribution in [0.4, 0.5) is 4.39 Å². The van der Waals surface area contributed by atoms with Crippen LogP contribution in [-0.4, -0.2) is 11.0 Å². The van der Waals surface area contributed by atoms with Gasteiger partial charge in [0.15, 0.2) is 11.5 Å². The monoisotopic (exact) mass is 256 g/mol. The first-order valence-corrected chi connectivity index (χ1v) is 5.98. The van der Waals surface area contributed by atoms with E-state index in [4.69, 9.17) is 21.8 Å². The van der Waals surface area contributed by atoms with Crippen LogP contribution < -0.4 is 5.73 Å². The molecule has 0 aliphatic heterocycles. The molecule has 0 spiro atoms. The molecule has 3 nitrogen and oxygen atoms in total. The zero-order valence-corrected chi connectivity index (χ0v) is 10.3. The summed E-state index contributed by atoms with van der Waals surface area (Å²) < 4.78 is 18.6. The highest BCUT2D eigenvalue weighted by Crippen LogP contribution is 2.23. The van der Waals surface area contributed by atoms with Gasteiger partial charge in [0.1, 0.15) is 11.3 Å². The number of nitrogens with zero attached hydrogens (tertiary/aromatic N) is 1. The molecule has 0 saturated carbocycles. The van der Waals surface area contributed by atoms with Gasteiger partial charge in [-0.3, -0.25) is 0 Å². The van der Waals surface area contributed by atoms with Crippen LogP contribution >= 0.6 is 11.6 Å². The van der Waals surface area contributed by atoms with Crippen LogP contribution in [0, 0.1) is 5.82 Å². The first-order chi connectivity index (χ1) is 8.10. The van der Waals surface area contributed by atoms with E-state index in [1.54, 1.807) is 0 Å². The van der Waals surface area contributed by atoms with Gasteiger partial charge in [-0.05, 0) is 12.5 Å². The van der Waals surface area contributed by atoms with Crippen molar-refractivity contribution in [1.82, 2.24) is 4.98 Å². The largest absolute Gasteiger partial charge is 0.441 e. The molecule has 92 valence electrons. The molecule has 0 bridgehead atoms. The van der Waals surface area contributed by atoms with Gasteiger partial charge in [0, 0.05) is 18.5 Å². The number of fused-ring (bicyclic) bond motifs is 1. The van der Waals surface area contributed by atoms with Crippen LogP contribution in [0.25, 0.3) is 11.1 Å². The summed E-state index contributed by atoms with van der Waals surface area (Å²) in [4.78, 5) is 4.24. The van der Waals surface area contributed by atoms with Crippen molar-refractivity contribution in [3.8, 4) is 0 Å². The van der Waals surface area contributed by atoms with Gasteiger partial charge >= 0.3 is 0 Å². The normalized spacial score (nSPS) is 13.2. The number of nitrogens with two attached hydrogens (primary N) is 1. The molecule has 0 radical (unpaired) electrons. The third-order valence-electron chi connectivity index (χ3n) is 2.57. The van der Waals surface area contributed by atoms with E-state index in [2.05, 4.69) is 11.9 Å². The molecule has 1 aromatic heterocycles. The Balaban J connectivity index is 2.25. The number of oxazole rings is 1. The maximum absolute atomic E-state index is 13.2. The third kappa shape index (κ3) is 2.76. The average Bonchev–Trinajstić information content (AvgIpc) is 2.60. The van der Waals surface area contributed by atoms with E-state index in [0.717, 1.165) is 12.8 Å². The molecule has 17 heavy (non-hydrogen) atoms. The van der Waals surface area contributed by atoms with E-state index in [0.29, 0.717) is 23.4 Å². The predicted octanol–water partition coefficient (Wildman–Crippen LogP) is 3.29. The molecule has 0 aliphatic carbocycles. The summed E-state index contributed by atoms with van der Waals surface area (Å²) in [5, 5.41) is 0.0511. The van der Waals surface area contributed by atoms with E-state index in [9.17, 15) is 4.39 Å². The molecule has 0 saturated heterocycles. The summed E-state index contributed by atoms with van der Waals surface area (Å²) in [5.74, 6) is 0.0299. The van der Waals surface area contributed by atoms with Gasteiger partial charge in [-0.1, -0.05) is 24.9 Å². The van der Waals surface area contributed by atoms with Gasteiger partial charge in [0.05, 0.1) is 5.02 Å². The average molecular weight is 257 g/mol. The summed E-state index contributed by atoms with van der Waals surface area (Å²) in [6, 6.07) is 2.73. The number of aromatic nitrogens is 1. The van der Waals surface area contributed by atoms with Gasteiger partial charge in [-0.2, -0.15) is 0 Å². The maximum Gasteiger partial charge on any atom is 0.197 e. The quantitative estimate of drug-likeness (QED) is 0.913. The highest BCUT2D eigenvalue weighted by Gasteiger charge is 2.12. The molecule has 2 N–H and O–H groups in total. The Bertz CT molecular complexity index is 487. The third-order valence-corrected chi connectivity index (χ3v) is 2.86. The minimum Gasteiger partial charge on any atom is -0.441 e. The van der Waals surface area contributed by atoms with Crippen molar-refractivity contribution in [2.75, 3.05) is 0 Å². The van der Waals surface area contributed by atoms with Crippen LogP contribution in [0.2, 0.25) is 5.02 Å². The molecule has 0 fully saturated rings. The van der Waals surface area contributed by atoms with Crippen molar-refractivity contribution in [2.24, 2.45) is 5.73 Å². The minimum absolute atomic E-state index is 0.0216. The Kier molecular flexibility index (Phi) is 3.64. The lowest BCUT2D eigenvalue weighted by atomic mass is 10.1. The smallest absolute Gasteiger partial charge is 0.197 e. The van der Waals surface area contributed by atoms with Crippen molar-refractivity contribution >= 4 is 22.7 Å². The number of halogens is 2. The fourth-order valence-corrected chi connectivity index (χ4v) is 1.91. The maximum atomic E-state index is 13.2. The summed E-state index contributed by atoms with van der Waals surface area (Å²) in [5.41, 5.74) is 6.87. The SMILES string of the molecule is CCCC(N)Cc1nc2cc(Cl)c(F)cc2o1. The molecule has 1 unspecified atom stereocenters. The van der Waals surface area contributed by atoms with Crippen molar-refractivity contribution in [3.63, 3.8) is 0 Å². The van der Waals surface area contributed by atoms with Crippen LogP contribution in [0.3, 0.4) is 0 Å². The molecule has 2 aromatic rings. The summed E-state index contributed by atoms with van der Waals surface area (Å²) in [7, 11) is 0. The second kappa shape index (κ2) is 5.02. The lowest BCUT2D eigenvalue weighted by molar-refractivity contribution is 0.480. The Labute approximate surface area is 104 Å². The number of hydrogen-bond donors (Lipinski definition) is 1. The van der Waals surface area contributed by atoms with Crippen molar-refractivity contribution in [3.05, 3.63) is 28.9 Å². The van der Waals surface area contributed by atoms with Crippen LogP contribution in [0.1, 0.15) is 25.7 Å². The van der Waals surface area contributed by atoms with Gasteiger partial charge in [0.25, 0.3) is 0 Å². The second-order valence-corrected chi connectivity index (χ2v) is 4.50. The zero-order valence-electron chi connectivity index (χ0n) is 9.54. The molecule has 0 aliphatic rings. The fourth-order valence-electron chi connectivity index (χ4n) is 1.76. The molecular weight excluding hydrogens is 243 g/mol. The van der Waals surface area contributed by atoms with Gasteiger partial charge in [0.2, 0.25) is 0 Å². The zero-order chi connectivity index (χ0) is 12.4. The van der Waals surface area contributed by atoms with E-state index in [1.807, 2.05) is 0 Å². The first kappa shape index (κ1) is 12.3. The Morgan fingerprint density at radius 2 is 2.29 bits per heavy atom. The molecule has 0 amide bonds. The van der Waals surface area contributed by atoms with E-state index >= 15 is 0 Å². The molecule has 5 heteroatoms. The number of benzene rings is 1. The van der Waals surface area contributed by atoms with Crippen LogP contribution in [-0.2, 0) is 6.42 Å². The summed E-state index contributed by atoms with van der Waals surface area (Å²) in [6.45, 7) is 2.07. The van der Waals surface area contributed by atoms with Gasteiger partial charge in [-0.25, -0.2) is 9.37 Å². The molecule has 2 rings (SSSR count). The Hall–Kier alpha value is -1.13. The Morgan fingerprint density at radius 1 is 1.53 bits per heavy atom. The van der Waals surface area contributed by atoms with Crippen molar-refractivity contribution < 1.29 is 8.81 Å². The van der Waals surface area contributed by atoms with E-state index in [1.165, 1.54) is 12.1 Å². The van der Waals surface area contributed by atoms with Crippen LogP contribution in [0.5, 0.6) is 0 Å². The highest BCUT2D eigenvalue weighted by atomic mass is 35.5. The molecular formula is C12H14ClFN2O. The summed E-state index contributed by atoms with van der Waals surface area (Å²) >= 11 is 5.67. The van der Waals surface area contributed by atoms with E-state index in [-0.39, 0.29) is 11.1 Å². The van der Waals surface area contributed by atoms with Gasteiger partial charge in [-0.15, -0.1) is 0 Å². The second-order valence-electron chi connectivity index (χ2n) is 4.09. The topological polar surface area (TPSA) is 52.0 Å². The van der Waals surface area contributed by atoms with Gasteiger partial charge < -0.3 is 10.2 Å². The van der Waals surface area contributed by atoms with Crippen LogP contribution in [0.15, 0.2) is 16.5 Å². The lowest BCUT2D eigenvalue weighted by Crippen LogP contribution is -2.22. The summed E-state index contributed by atoms with van der Waals surface area (Å²) in [6.07, 6.45) is 2.48. The highest BCUT2D eigenvalue weighted by molar-refractivity contribution is 6.31. The van der Waals surface area contributed by atoms with Crippen molar-refractivity contribution in [1.29, 1.82) is 0 Å². The fraction of sp³-hybridized carbons (Fsp3) is 0.417. The first-order valence-electron chi connectivity index (χ1n) is 5.60. The molecule has 1 heterocycles. The predicted molar refractivity (Wildman–Crippen MR) is 65.6 cm³/mol. The molecule has 1 aromatic carbocycles. The lowest BCUT2D eigenvalue weighted by Gasteiger charge is -2.05. The number of rotatable bonds is 4. The standard InChI is InChI=1S/C12H14ClFN2O/c1-2-3-7(15)4-12-16-10-5-8(13)9(14)6-11(10)17-12/h5-7H,2-4,15H2,1H3.